The van der Waals surface area contributed by atoms with E-state index in [2.05, 4.69) is 25.1 Å². The van der Waals surface area contributed by atoms with Gasteiger partial charge in [0.2, 0.25) is 11.9 Å². The molecule has 1 aliphatic carbocycles. The highest BCUT2D eigenvalue weighted by Gasteiger charge is 2.38. The van der Waals surface area contributed by atoms with Crippen molar-refractivity contribution in [3.63, 3.8) is 0 Å². The lowest BCUT2D eigenvalue weighted by molar-refractivity contribution is -0.141. The fourth-order valence-electron chi connectivity index (χ4n) is 2.99. The fraction of sp³-hybridized carbons (Fsp3) is 0.263. The Morgan fingerprint density at radius 1 is 1.12 bits per heavy atom. The summed E-state index contributed by atoms with van der Waals surface area (Å²) in [7, 11) is -3.93. The van der Waals surface area contributed by atoms with Crippen LogP contribution in [0.5, 0.6) is 0 Å². The molecule has 0 unspecified atom stereocenters. The largest absolute Gasteiger partial charge is 0.435 e. The normalized spacial score (nSPS) is 14.2. The third kappa shape index (κ3) is 5.04. The number of nitrogens with one attached hydrogen (secondary N) is 2. The van der Waals surface area contributed by atoms with Gasteiger partial charge in [0.1, 0.15) is 6.54 Å². The summed E-state index contributed by atoms with van der Waals surface area (Å²) < 4.78 is 67.0. The van der Waals surface area contributed by atoms with Crippen molar-refractivity contribution in [2.75, 3.05) is 10.0 Å². The Kier molecular flexibility index (Phi) is 5.59. The van der Waals surface area contributed by atoms with Crippen LogP contribution in [0, 0.1) is 0 Å². The average Bonchev–Trinajstić information content (AvgIpc) is 3.48. The average molecular weight is 466 g/mol. The van der Waals surface area contributed by atoms with Gasteiger partial charge in [0.15, 0.2) is 5.69 Å². The topological polar surface area (TPSA) is 119 Å². The predicted octanol–water partition coefficient (Wildman–Crippen LogP) is 3.01. The van der Waals surface area contributed by atoms with Gasteiger partial charge in [-0.2, -0.15) is 18.3 Å². The number of amides is 1. The lowest BCUT2D eigenvalue weighted by Crippen LogP contribution is -2.21. The van der Waals surface area contributed by atoms with E-state index in [0.717, 1.165) is 23.6 Å². The number of anilines is 2. The Hall–Kier alpha value is -3.48. The zero-order valence-corrected chi connectivity index (χ0v) is 17.2. The molecule has 1 amide bonds. The van der Waals surface area contributed by atoms with E-state index in [9.17, 15) is 26.4 Å². The van der Waals surface area contributed by atoms with E-state index in [0.29, 0.717) is 5.69 Å². The number of carbonyl (C=O) groups excluding carboxylic acids is 1. The van der Waals surface area contributed by atoms with Crippen LogP contribution in [0.1, 0.15) is 30.1 Å². The highest BCUT2D eigenvalue weighted by atomic mass is 32.2. The van der Waals surface area contributed by atoms with E-state index in [1.165, 1.54) is 42.7 Å². The lowest BCUT2D eigenvalue weighted by atomic mass is 10.2. The van der Waals surface area contributed by atoms with Gasteiger partial charge in [-0.05, 0) is 49.2 Å². The molecule has 1 saturated carbocycles. The minimum atomic E-state index is -4.59. The maximum absolute atomic E-state index is 13.0. The van der Waals surface area contributed by atoms with Gasteiger partial charge in [0.25, 0.3) is 10.0 Å². The van der Waals surface area contributed by atoms with Crippen LogP contribution >= 0.6 is 0 Å². The molecule has 168 valence electrons. The Morgan fingerprint density at radius 2 is 1.78 bits per heavy atom. The molecule has 3 aromatic rings. The van der Waals surface area contributed by atoms with Crippen molar-refractivity contribution < 1.29 is 26.4 Å². The van der Waals surface area contributed by atoms with Gasteiger partial charge >= 0.3 is 6.18 Å². The molecular formula is C19H17F3N6O3S. The van der Waals surface area contributed by atoms with Crippen molar-refractivity contribution in [3.05, 3.63) is 60.2 Å². The van der Waals surface area contributed by atoms with E-state index in [-0.39, 0.29) is 22.4 Å². The number of hydrogen-bond donors (Lipinski definition) is 2. The van der Waals surface area contributed by atoms with Gasteiger partial charge in [-0.25, -0.2) is 23.1 Å². The maximum atomic E-state index is 13.0. The number of halogens is 3. The number of rotatable bonds is 7. The van der Waals surface area contributed by atoms with Crippen LogP contribution in [0.2, 0.25) is 0 Å². The summed E-state index contributed by atoms with van der Waals surface area (Å²) in [6, 6.07) is 7.79. The zero-order chi connectivity index (χ0) is 22.9. The van der Waals surface area contributed by atoms with Crippen LogP contribution in [0.3, 0.4) is 0 Å². The highest BCUT2D eigenvalue weighted by Crippen LogP contribution is 2.42. The Morgan fingerprint density at radius 3 is 2.38 bits per heavy atom. The second-order valence-electron chi connectivity index (χ2n) is 7.13. The predicted molar refractivity (Wildman–Crippen MR) is 107 cm³/mol. The first-order chi connectivity index (χ1) is 15.1. The van der Waals surface area contributed by atoms with Crippen LogP contribution in [0.25, 0.3) is 0 Å². The van der Waals surface area contributed by atoms with Gasteiger partial charge in [0.05, 0.1) is 4.90 Å². The molecule has 0 aliphatic heterocycles. The minimum Gasteiger partial charge on any atom is -0.324 e. The molecule has 2 aromatic heterocycles. The first-order valence-corrected chi connectivity index (χ1v) is 10.9. The fourth-order valence-corrected chi connectivity index (χ4v) is 3.95. The molecule has 1 fully saturated rings. The molecule has 0 bridgehead atoms. The summed E-state index contributed by atoms with van der Waals surface area (Å²) in [6.07, 6.45) is -0.318. The molecule has 0 radical (unpaired) electrons. The molecule has 9 nitrogen and oxygen atoms in total. The molecule has 0 saturated heterocycles. The summed E-state index contributed by atoms with van der Waals surface area (Å²) in [4.78, 5) is 19.9. The van der Waals surface area contributed by atoms with Crippen LogP contribution in [0.4, 0.5) is 24.8 Å². The zero-order valence-electron chi connectivity index (χ0n) is 16.4. The number of benzene rings is 1. The number of alkyl halides is 3. The van der Waals surface area contributed by atoms with Gasteiger partial charge in [-0.3, -0.25) is 9.48 Å². The summed E-state index contributed by atoms with van der Waals surface area (Å²) >= 11 is 0. The van der Waals surface area contributed by atoms with Gasteiger partial charge in [-0.15, -0.1) is 0 Å². The lowest BCUT2D eigenvalue weighted by Gasteiger charge is -2.10. The van der Waals surface area contributed by atoms with E-state index in [1.54, 1.807) is 0 Å². The number of sulfonamides is 1. The van der Waals surface area contributed by atoms with Crippen LogP contribution in [-0.4, -0.2) is 34.1 Å². The van der Waals surface area contributed by atoms with E-state index in [4.69, 9.17) is 0 Å². The van der Waals surface area contributed by atoms with Crippen molar-refractivity contribution in [3.8, 4) is 0 Å². The minimum absolute atomic E-state index is 0.0306. The Bertz CT molecular complexity index is 1220. The third-order valence-corrected chi connectivity index (χ3v) is 5.97. The van der Waals surface area contributed by atoms with Gasteiger partial charge < -0.3 is 5.32 Å². The van der Waals surface area contributed by atoms with E-state index >= 15 is 0 Å². The number of hydrogen-bond acceptors (Lipinski definition) is 6. The molecule has 0 atom stereocenters. The molecule has 32 heavy (non-hydrogen) atoms. The van der Waals surface area contributed by atoms with E-state index in [1.807, 2.05) is 0 Å². The first kappa shape index (κ1) is 21.7. The van der Waals surface area contributed by atoms with E-state index < -0.39 is 34.3 Å². The van der Waals surface area contributed by atoms with Crippen molar-refractivity contribution in [1.29, 1.82) is 0 Å². The highest BCUT2D eigenvalue weighted by molar-refractivity contribution is 7.92. The summed E-state index contributed by atoms with van der Waals surface area (Å²) in [6.45, 7) is -0.394. The summed E-state index contributed by atoms with van der Waals surface area (Å²) in [5.74, 6) is -0.707. The first-order valence-electron chi connectivity index (χ1n) is 9.46. The second kappa shape index (κ2) is 8.22. The third-order valence-electron chi connectivity index (χ3n) is 4.63. The smallest absolute Gasteiger partial charge is 0.324 e. The van der Waals surface area contributed by atoms with Gasteiger partial charge in [-0.1, -0.05) is 0 Å². The Labute approximate surface area is 180 Å². The molecule has 0 spiro atoms. The number of aromatic nitrogens is 4. The number of carbonyl (C=O) groups is 1. The molecule has 13 heteroatoms. The quantitative estimate of drug-likeness (QED) is 0.553. The molecule has 2 N–H and O–H groups in total. The standard InChI is InChI=1S/C19H17F3N6O3S/c20-19(21,22)16-10-15(12-2-3-12)28(26-16)11-17(29)25-13-4-6-14(7-5-13)32(30,31)27-18-23-8-1-9-24-18/h1,4-10,12H,2-3,11H2,(H,25,29)(H,23,24,27). The van der Waals surface area contributed by atoms with Crippen LogP contribution < -0.4 is 10.0 Å². The maximum Gasteiger partial charge on any atom is 0.435 e. The molecule has 1 aromatic carbocycles. The summed E-state index contributed by atoms with van der Waals surface area (Å²) in [5.41, 5.74) is -0.374. The number of nitrogens with zero attached hydrogens (tertiary/aromatic N) is 4. The van der Waals surface area contributed by atoms with Crippen molar-refractivity contribution in [1.82, 2.24) is 19.7 Å². The SMILES string of the molecule is O=C(Cn1nc(C(F)(F)F)cc1C1CC1)Nc1ccc(S(=O)(=O)Nc2ncccn2)cc1. The Balaban J connectivity index is 1.43. The summed E-state index contributed by atoms with van der Waals surface area (Å²) in [5, 5.41) is 6.07. The molecule has 2 heterocycles. The monoisotopic (exact) mass is 466 g/mol. The van der Waals surface area contributed by atoms with Crippen molar-refractivity contribution in [2.24, 2.45) is 0 Å². The van der Waals surface area contributed by atoms with Gasteiger partial charge in [0, 0.05) is 29.7 Å². The van der Waals surface area contributed by atoms with Crippen molar-refractivity contribution in [2.45, 2.75) is 36.4 Å². The van der Waals surface area contributed by atoms with Crippen LogP contribution in [-0.2, 0) is 27.5 Å². The van der Waals surface area contributed by atoms with Crippen LogP contribution in [0.15, 0.2) is 53.7 Å². The van der Waals surface area contributed by atoms with Crippen molar-refractivity contribution >= 4 is 27.6 Å². The molecular weight excluding hydrogens is 449 g/mol. The molecule has 4 rings (SSSR count). The second-order valence-corrected chi connectivity index (χ2v) is 8.82. The molecule has 1 aliphatic rings.